The smallest absolute Gasteiger partial charge is 0.224 e. The summed E-state index contributed by atoms with van der Waals surface area (Å²) in [7, 11) is 0. The van der Waals surface area contributed by atoms with Gasteiger partial charge in [-0.1, -0.05) is 19.4 Å². The minimum Gasteiger partial charge on any atom is -0.356 e. The van der Waals surface area contributed by atoms with Crippen molar-refractivity contribution in [2.75, 3.05) is 24.5 Å². The van der Waals surface area contributed by atoms with E-state index < -0.39 is 0 Å². The van der Waals surface area contributed by atoms with Gasteiger partial charge in [0.15, 0.2) is 0 Å². The maximum absolute atomic E-state index is 12.3. The van der Waals surface area contributed by atoms with Crippen molar-refractivity contribution in [3.8, 4) is 0 Å². The molecule has 1 aliphatic heterocycles. The van der Waals surface area contributed by atoms with E-state index in [9.17, 15) is 4.79 Å². The number of hydrogen-bond donors (Lipinski definition) is 2. The van der Waals surface area contributed by atoms with Gasteiger partial charge in [-0.2, -0.15) is 0 Å². The first-order valence-electron chi connectivity index (χ1n) is 8.66. The Bertz CT molecular complexity index is 679. The van der Waals surface area contributed by atoms with Crippen molar-refractivity contribution < 1.29 is 4.79 Å². The molecule has 0 bridgehead atoms. The number of imidazole rings is 1. The van der Waals surface area contributed by atoms with Crippen LogP contribution in [0.4, 0.5) is 5.95 Å². The van der Waals surface area contributed by atoms with E-state index >= 15 is 0 Å². The molecule has 2 aromatic rings. The van der Waals surface area contributed by atoms with E-state index in [2.05, 4.69) is 46.2 Å². The van der Waals surface area contributed by atoms with Gasteiger partial charge in [-0.15, -0.1) is 0 Å². The predicted octanol–water partition coefficient (Wildman–Crippen LogP) is 3.00. The van der Waals surface area contributed by atoms with Crippen molar-refractivity contribution in [3.05, 3.63) is 23.8 Å². The van der Waals surface area contributed by atoms with Crippen molar-refractivity contribution >= 4 is 22.9 Å². The van der Waals surface area contributed by atoms with Gasteiger partial charge in [0, 0.05) is 19.6 Å². The van der Waals surface area contributed by atoms with Gasteiger partial charge >= 0.3 is 0 Å². The minimum atomic E-state index is 0.0653. The predicted molar refractivity (Wildman–Crippen MR) is 93.7 cm³/mol. The Balaban J connectivity index is 1.68. The van der Waals surface area contributed by atoms with Crippen LogP contribution in [0, 0.1) is 12.8 Å². The molecule has 5 nitrogen and oxygen atoms in total. The molecule has 0 spiro atoms. The molecule has 0 radical (unpaired) electrons. The van der Waals surface area contributed by atoms with E-state index in [1.54, 1.807) is 0 Å². The molecule has 2 N–H and O–H groups in total. The highest BCUT2D eigenvalue weighted by Crippen LogP contribution is 2.24. The average molecular weight is 314 g/mol. The van der Waals surface area contributed by atoms with Crippen molar-refractivity contribution in [2.24, 2.45) is 5.92 Å². The Kier molecular flexibility index (Phi) is 4.84. The fourth-order valence-corrected chi connectivity index (χ4v) is 3.18. The SMILES string of the molecule is CCCCNC(=O)[C@H]1CCCN(c2nc3ccc(C)cc3[nH]2)C1. The Morgan fingerprint density at radius 2 is 2.35 bits per heavy atom. The molecule has 3 rings (SSSR count). The van der Waals surface area contributed by atoms with Crippen LogP contribution in [0.2, 0.25) is 0 Å². The Morgan fingerprint density at radius 3 is 3.17 bits per heavy atom. The van der Waals surface area contributed by atoms with Crippen LogP contribution < -0.4 is 10.2 Å². The molecule has 0 saturated carbocycles. The molecule has 124 valence electrons. The zero-order valence-corrected chi connectivity index (χ0v) is 14.1. The minimum absolute atomic E-state index is 0.0653. The summed E-state index contributed by atoms with van der Waals surface area (Å²) in [5, 5.41) is 3.06. The van der Waals surface area contributed by atoms with E-state index in [0.717, 1.165) is 62.3 Å². The molecule has 1 aliphatic rings. The van der Waals surface area contributed by atoms with E-state index in [4.69, 9.17) is 0 Å². The van der Waals surface area contributed by atoms with Crippen LogP contribution in [-0.4, -0.2) is 35.5 Å². The number of unbranched alkanes of at least 4 members (excludes halogenated alkanes) is 1. The molecule has 0 unspecified atom stereocenters. The van der Waals surface area contributed by atoms with Crippen LogP contribution in [-0.2, 0) is 4.79 Å². The van der Waals surface area contributed by atoms with E-state index in [1.165, 1.54) is 5.56 Å². The van der Waals surface area contributed by atoms with Crippen LogP contribution in [0.1, 0.15) is 38.2 Å². The van der Waals surface area contributed by atoms with E-state index in [1.807, 2.05) is 6.07 Å². The summed E-state index contributed by atoms with van der Waals surface area (Å²) in [6.07, 6.45) is 4.15. The lowest BCUT2D eigenvalue weighted by atomic mass is 9.97. The molecule has 1 fully saturated rings. The summed E-state index contributed by atoms with van der Waals surface area (Å²) in [5.41, 5.74) is 3.27. The molecular weight excluding hydrogens is 288 g/mol. The highest BCUT2D eigenvalue weighted by atomic mass is 16.1. The lowest BCUT2D eigenvalue weighted by Crippen LogP contribution is -2.43. The van der Waals surface area contributed by atoms with Crippen molar-refractivity contribution in [3.63, 3.8) is 0 Å². The van der Waals surface area contributed by atoms with Gasteiger partial charge in [-0.05, 0) is 43.9 Å². The van der Waals surface area contributed by atoms with Gasteiger partial charge in [0.25, 0.3) is 0 Å². The summed E-state index contributed by atoms with van der Waals surface area (Å²) in [4.78, 5) is 22.6. The molecule has 0 aliphatic carbocycles. The molecule has 23 heavy (non-hydrogen) atoms. The summed E-state index contributed by atoms with van der Waals surface area (Å²) < 4.78 is 0. The number of benzene rings is 1. The van der Waals surface area contributed by atoms with Gasteiger partial charge in [-0.25, -0.2) is 4.98 Å². The number of nitrogens with one attached hydrogen (secondary N) is 2. The summed E-state index contributed by atoms with van der Waals surface area (Å²) in [6, 6.07) is 6.24. The quantitative estimate of drug-likeness (QED) is 0.834. The largest absolute Gasteiger partial charge is 0.356 e. The highest BCUT2D eigenvalue weighted by Gasteiger charge is 2.27. The van der Waals surface area contributed by atoms with Crippen LogP contribution in [0.5, 0.6) is 0 Å². The van der Waals surface area contributed by atoms with E-state index in [-0.39, 0.29) is 11.8 Å². The molecule has 1 aromatic heterocycles. The zero-order valence-electron chi connectivity index (χ0n) is 14.1. The number of H-pyrrole nitrogens is 1. The van der Waals surface area contributed by atoms with Gasteiger partial charge in [0.2, 0.25) is 11.9 Å². The number of aryl methyl sites for hydroxylation is 1. The van der Waals surface area contributed by atoms with Gasteiger partial charge in [0.1, 0.15) is 0 Å². The van der Waals surface area contributed by atoms with Gasteiger partial charge < -0.3 is 15.2 Å². The summed E-state index contributed by atoms with van der Waals surface area (Å²) in [5.74, 6) is 1.14. The Morgan fingerprint density at radius 1 is 1.48 bits per heavy atom. The first-order valence-corrected chi connectivity index (χ1v) is 8.66. The third-order valence-corrected chi connectivity index (χ3v) is 4.55. The van der Waals surface area contributed by atoms with Crippen molar-refractivity contribution in [1.29, 1.82) is 0 Å². The second-order valence-corrected chi connectivity index (χ2v) is 6.51. The number of amides is 1. The third-order valence-electron chi connectivity index (χ3n) is 4.55. The first kappa shape index (κ1) is 15.8. The number of anilines is 1. The fraction of sp³-hybridized carbons (Fsp3) is 0.556. The molecule has 1 aromatic carbocycles. The maximum Gasteiger partial charge on any atom is 0.224 e. The Hall–Kier alpha value is -2.04. The number of carbonyl (C=O) groups is 1. The topological polar surface area (TPSA) is 61.0 Å². The summed E-state index contributed by atoms with van der Waals surface area (Å²) in [6.45, 7) is 6.71. The fourth-order valence-electron chi connectivity index (χ4n) is 3.18. The number of piperidine rings is 1. The molecule has 1 saturated heterocycles. The normalized spacial score (nSPS) is 18.3. The number of hydrogen-bond acceptors (Lipinski definition) is 3. The first-order chi connectivity index (χ1) is 11.2. The van der Waals surface area contributed by atoms with Gasteiger partial charge in [0.05, 0.1) is 17.0 Å². The number of carbonyl (C=O) groups excluding carboxylic acids is 1. The molecule has 5 heteroatoms. The van der Waals surface area contributed by atoms with Crippen LogP contribution in [0.15, 0.2) is 18.2 Å². The second-order valence-electron chi connectivity index (χ2n) is 6.51. The number of fused-ring (bicyclic) bond motifs is 1. The van der Waals surface area contributed by atoms with Crippen molar-refractivity contribution in [1.82, 2.24) is 15.3 Å². The van der Waals surface area contributed by atoms with Gasteiger partial charge in [-0.3, -0.25) is 4.79 Å². The lowest BCUT2D eigenvalue weighted by molar-refractivity contribution is -0.125. The maximum atomic E-state index is 12.3. The van der Waals surface area contributed by atoms with Crippen LogP contribution in [0.25, 0.3) is 11.0 Å². The van der Waals surface area contributed by atoms with Crippen molar-refractivity contribution in [2.45, 2.75) is 39.5 Å². The number of nitrogens with zero attached hydrogens (tertiary/aromatic N) is 2. The lowest BCUT2D eigenvalue weighted by Gasteiger charge is -2.31. The van der Waals surface area contributed by atoms with E-state index in [0.29, 0.717) is 0 Å². The number of rotatable bonds is 5. The molecule has 1 atom stereocenters. The molecular formula is C18H26N4O. The third kappa shape index (κ3) is 3.66. The summed E-state index contributed by atoms with van der Waals surface area (Å²) >= 11 is 0. The van der Waals surface area contributed by atoms with Crippen LogP contribution >= 0.6 is 0 Å². The Labute approximate surface area is 137 Å². The van der Waals surface area contributed by atoms with Crippen LogP contribution in [0.3, 0.4) is 0 Å². The monoisotopic (exact) mass is 314 g/mol. The second kappa shape index (κ2) is 7.02. The average Bonchev–Trinajstić information content (AvgIpc) is 2.98. The number of aromatic amines is 1. The molecule has 1 amide bonds. The molecule has 2 heterocycles. The highest BCUT2D eigenvalue weighted by molar-refractivity contribution is 5.80. The number of aromatic nitrogens is 2. The standard InChI is InChI=1S/C18H26N4O/c1-3-4-9-19-17(23)14-6-5-10-22(12-14)18-20-15-8-7-13(2)11-16(15)21-18/h7-8,11,14H,3-6,9-10,12H2,1-2H3,(H,19,23)(H,20,21)/t14-/m0/s1. The zero-order chi connectivity index (χ0) is 16.2.